The Balaban J connectivity index is 1.65. The van der Waals surface area contributed by atoms with Crippen molar-refractivity contribution in [1.29, 1.82) is 0 Å². The van der Waals surface area contributed by atoms with E-state index in [1.165, 1.54) is 13.2 Å². The fourth-order valence-electron chi connectivity index (χ4n) is 3.75. The molecule has 8 nitrogen and oxygen atoms in total. The van der Waals surface area contributed by atoms with Gasteiger partial charge in [0.15, 0.2) is 0 Å². The predicted octanol–water partition coefficient (Wildman–Crippen LogP) is 4.65. The zero-order chi connectivity index (χ0) is 25.7. The molecule has 1 fully saturated rings. The van der Waals surface area contributed by atoms with E-state index in [2.05, 4.69) is 5.32 Å². The van der Waals surface area contributed by atoms with Crippen LogP contribution < -0.4 is 24.4 Å². The molecule has 0 spiro atoms. The van der Waals surface area contributed by atoms with E-state index >= 15 is 0 Å². The molecule has 0 aromatic heterocycles. The van der Waals surface area contributed by atoms with Crippen molar-refractivity contribution in [2.24, 2.45) is 0 Å². The normalized spacial score (nSPS) is 14.6. The summed E-state index contributed by atoms with van der Waals surface area (Å²) >= 11 is 0. The van der Waals surface area contributed by atoms with Crippen molar-refractivity contribution < 1.29 is 28.6 Å². The standard InChI is InChI=1S/C28H26N2O6/c1-4-35-22-12-9-21(10-13-22)30-27(32)24(26(31)29-28(30)33)15-20-8-11-23(34-3)16-25(20)36-17-19-7-5-6-18(2)14-19/h5-16H,4,17H2,1-3H3,(H,29,31,33)/b24-15+. The fourth-order valence-corrected chi connectivity index (χ4v) is 3.75. The second-order valence-electron chi connectivity index (χ2n) is 8.07. The number of urea groups is 1. The Kier molecular flexibility index (Phi) is 7.34. The minimum Gasteiger partial charge on any atom is -0.497 e. The molecule has 1 aliphatic heterocycles. The molecule has 0 atom stereocenters. The summed E-state index contributed by atoms with van der Waals surface area (Å²) in [5.41, 5.74) is 2.67. The molecule has 1 aliphatic rings. The highest BCUT2D eigenvalue weighted by atomic mass is 16.5. The Morgan fingerprint density at radius 1 is 0.917 bits per heavy atom. The highest BCUT2D eigenvalue weighted by Crippen LogP contribution is 2.30. The number of nitrogens with zero attached hydrogens (tertiary/aromatic N) is 1. The van der Waals surface area contributed by atoms with Gasteiger partial charge in [0.05, 0.1) is 19.4 Å². The number of rotatable bonds is 8. The predicted molar refractivity (Wildman–Crippen MR) is 135 cm³/mol. The third kappa shape index (κ3) is 5.38. The number of hydrogen-bond donors (Lipinski definition) is 1. The lowest BCUT2D eigenvalue weighted by Crippen LogP contribution is -2.54. The van der Waals surface area contributed by atoms with E-state index in [0.29, 0.717) is 35.1 Å². The summed E-state index contributed by atoms with van der Waals surface area (Å²) in [6, 6.07) is 18.6. The second-order valence-corrected chi connectivity index (χ2v) is 8.07. The highest BCUT2D eigenvalue weighted by molar-refractivity contribution is 6.39. The molecule has 0 aliphatic carbocycles. The molecule has 184 valence electrons. The number of methoxy groups -OCH3 is 1. The number of amides is 4. The third-order valence-electron chi connectivity index (χ3n) is 5.50. The van der Waals surface area contributed by atoms with Crippen molar-refractivity contribution in [3.8, 4) is 17.2 Å². The van der Waals surface area contributed by atoms with E-state index in [1.807, 2.05) is 38.1 Å². The number of hydrogen-bond acceptors (Lipinski definition) is 6. The number of aryl methyl sites for hydroxylation is 1. The maximum atomic E-state index is 13.3. The molecule has 8 heteroatoms. The van der Waals surface area contributed by atoms with Crippen molar-refractivity contribution >= 4 is 29.6 Å². The average Bonchev–Trinajstić information content (AvgIpc) is 2.87. The lowest BCUT2D eigenvalue weighted by atomic mass is 10.1. The van der Waals surface area contributed by atoms with E-state index in [0.717, 1.165) is 16.0 Å². The number of barbiturate groups is 1. The Morgan fingerprint density at radius 2 is 1.67 bits per heavy atom. The second kappa shape index (κ2) is 10.8. The number of carbonyl (C=O) groups excluding carboxylic acids is 3. The Labute approximate surface area is 209 Å². The van der Waals surface area contributed by atoms with E-state index < -0.39 is 17.8 Å². The van der Waals surface area contributed by atoms with Gasteiger partial charge in [-0.2, -0.15) is 0 Å². The molecular formula is C28H26N2O6. The molecule has 0 radical (unpaired) electrons. The monoisotopic (exact) mass is 486 g/mol. The van der Waals surface area contributed by atoms with Crippen LogP contribution in [0.3, 0.4) is 0 Å². The summed E-state index contributed by atoms with van der Waals surface area (Å²) < 4.78 is 16.8. The van der Waals surface area contributed by atoms with E-state index in [9.17, 15) is 14.4 Å². The molecule has 3 aromatic carbocycles. The van der Waals surface area contributed by atoms with Crippen molar-refractivity contribution in [3.05, 3.63) is 89.0 Å². The largest absolute Gasteiger partial charge is 0.497 e. The van der Waals surface area contributed by atoms with Crippen molar-refractivity contribution in [2.45, 2.75) is 20.5 Å². The van der Waals surface area contributed by atoms with Crippen LogP contribution in [0.15, 0.2) is 72.3 Å². The van der Waals surface area contributed by atoms with Crippen LogP contribution in [0.4, 0.5) is 10.5 Å². The van der Waals surface area contributed by atoms with Gasteiger partial charge in [-0.3, -0.25) is 14.9 Å². The van der Waals surface area contributed by atoms with Crippen LogP contribution in [-0.2, 0) is 16.2 Å². The van der Waals surface area contributed by atoms with Crippen LogP contribution in [0.25, 0.3) is 6.08 Å². The van der Waals surface area contributed by atoms with Gasteiger partial charge in [0.25, 0.3) is 11.8 Å². The first-order valence-corrected chi connectivity index (χ1v) is 11.4. The Bertz CT molecular complexity index is 1330. The zero-order valence-electron chi connectivity index (χ0n) is 20.2. The van der Waals surface area contributed by atoms with Crippen LogP contribution in [-0.4, -0.2) is 31.6 Å². The van der Waals surface area contributed by atoms with E-state index in [-0.39, 0.29) is 12.2 Å². The van der Waals surface area contributed by atoms with Crippen molar-refractivity contribution in [2.75, 3.05) is 18.6 Å². The van der Waals surface area contributed by atoms with Gasteiger partial charge in [-0.1, -0.05) is 29.8 Å². The first-order valence-electron chi connectivity index (χ1n) is 11.4. The molecule has 0 unspecified atom stereocenters. The molecule has 0 bridgehead atoms. The minimum absolute atomic E-state index is 0.200. The minimum atomic E-state index is -0.822. The molecule has 3 aromatic rings. The molecule has 4 amide bonds. The fraction of sp³-hybridized carbons (Fsp3) is 0.179. The van der Waals surface area contributed by atoms with Gasteiger partial charge in [0, 0.05) is 11.6 Å². The first kappa shape index (κ1) is 24.5. The summed E-state index contributed by atoms with van der Waals surface area (Å²) in [7, 11) is 1.54. The molecule has 1 heterocycles. The molecule has 1 N–H and O–H groups in total. The summed E-state index contributed by atoms with van der Waals surface area (Å²) in [6.07, 6.45) is 1.41. The van der Waals surface area contributed by atoms with Gasteiger partial charge >= 0.3 is 6.03 Å². The van der Waals surface area contributed by atoms with Gasteiger partial charge in [-0.05, 0) is 61.9 Å². The Hall–Kier alpha value is -4.59. The van der Waals surface area contributed by atoms with Crippen molar-refractivity contribution in [3.63, 3.8) is 0 Å². The van der Waals surface area contributed by atoms with Crippen LogP contribution in [0.5, 0.6) is 17.2 Å². The Morgan fingerprint density at radius 3 is 2.36 bits per heavy atom. The van der Waals surface area contributed by atoms with Gasteiger partial charge in [0.1, 0.15) is 29.4 Å². The molecule has 36 heavy (non-hydrogen) atoms. The maximum absolute atomic E-state index is 13.3. The van der Waals surface area contributed by atoms with Gasteiger partial charge in [-0.25, -0.2) is 9.69 Å². The lowest BCUT2D eigenvalue weighted by Gasteiger charge is -2.26. The number of nitrogens with one attached hydrogen (secondary N) is 1. The van der Waals surface area contributed by atoms with Crippen LogP contribution in [0.2, 0.25) is 0 Å². The quantitative estimate of drug-likeness (QED) is 0.368. The maximum Gasteiger partial charge on any atom is 0.335 e. The van der Waals surface area contributed by atoms with Gasteiger partial charge < -0.3 is 14.2 Å². The molecular weight excluding hydrogens is 460 g/mol. The first-order chi connectivity index (χ1) is 17.4. The average molecular weight is 487 g/mol. The topological polar surface area (TPSA) is 94.2 Å². The zero-order valence-corrected chi connectivity index (χ0v) is 20.2. The third-order valence-corrected chi connectivity index (χ3v) is 5.50. The van der Waals surface area contributed by atoms with Crippen molar-refractivity contribution in [1.82, 2.24) is 5.32 Å². The smallest absolute Gasteiger partial charge is 0.335 e. The SMILES string of the molecule is CCOc1ccc(N2C(=O)NC(=O)/C(=C\c3ccc(OC)cc3OCc3cccc(C)c3)C2=O)cc1. The molecule has 4 rings (SSSR count). The molecule has 0 saturated carbocycles. The summed E-state index contributed by atoms with van der Waals surface area (Å²) in [6.45, 7) is 4.62. The lowest BCUT2D eigenvalue weighted by molar-refractivity contribution is -0.122. The summed E-state index contributed by atoms with van der Waals surface area (Å²) in [5.74, 6) is 0.0584. The summed E-state index contributed by atoms with van der Waals surface area (Å²) in [5, 5.41) is 2.24. The number of benzene rings is 3. The molecule has 1 saturated heterocycles. The number of carbonyl (C=O) groups is 3. The van der Waals surface area contributed by atoms with Crippen LogP contribution >= 0.6 is 0 Å². The van der Waals surface area contributed by atoms with E-state index in [4.69, 9.17) is 14.2 Å². The highest BCUT2D eigenvalue weighted by Gasteiger charge is 2.37. The van der Waals surface area contributed by atoms with Gasteiger partial charge in [-0.15, -0.1) is 0 Å². The summed E-state index contributed by atoms with van der Waals surface area (Å²) in [4.78, 5) is 39.4. The van der Waals surface area contributed by atoms with Crippen LogP contribution in [0.1, 0.15) is 23.6 Å². The van der Waals surface area contributed by atoms with Gasteiger partial charge in [0.2, 0.25) is 0 Å². The van der Waals surface area contributed by atoms with Crippen LogP contribution in [0, 0.1) is 6.92 Å². The number of imide groups is 2. The number of anilines is 1. The van der Waals surface area contributed by atoms with E-state index in [1.54, 1.807) is 42.5 Å². The number of ether oxygens (including phenoxy) is 3.